The molecule has 1 saturated carbocycles. The van der Waals surface area contributed by atoms with Gasteiger partial charge in [-0.05, 0) is 128 Å². The number of aliphatic carboxylic acids is 1. The van der Waals surface area contributed by atoms with Gasteiger partial charge in [-0.1, -0.05) is 37.6 Å². The van der Waals surface area contributed by atoms with Gasteiger partial charge in [0.1, 0.15) is 17.0 Å². The number of phenols is 1. The van der Waals surface area contributed by atoms with Gasteiger partial charge in [-0.2, -0.15) is 0 Å². The van der Waals surface area contributed by atoms with E-state index in [9.17, 15) is 15.0 Å². The highest BCUT2D eigenvalue weighted by molar-refractivity contribution is 6.30. The first-order valence-corrected chi connectivity index (χ1v) is 15.8. The predicted octanol–water partition coefficient (Wildman–Crippen LogP) is 7.91. The highest BCUT2D eigenvalue weighted by Gasteiger charge is 2.54. The number of carboxylic acids is 1. The minimum absolute atomic E-state index is 0.179. The number of aryl methyl sites for hydroxylation is 1. The third kappa shape index (κ3) is 5.34. The van der Waals surface area contributed by atoms with E-state index >= 15 is 0 Å². The Morgan fingerprint density at radius 2 is 1.98 bits per heavy atom. The molecule has 6 nitrogen and oxygen atoms in total. The van der Waals surface area contributed by atoms with Crippen LogP contribution in [0, 0.1) is 11.8 Å². The summed E-state index contributed by atoms with van der Waals surface area (Å²) in [5.74, 6) is 1.53. The molecule has 222 valence electrons. The lowest BCUT2D eigenvalue weighted by molar-refractivity contribution is -0.144. The van der Waals surface area contributed by atoms with Gasteiger partial charge in [0.05, 0.1) is 6.61 Å². The first kappa shape index (κ1) is 28.9. The summed E-state index contributed by atoms with van der Waals surface area (Å²) in [6.07, 6.45) is 9.60. The molecular formula is C35H41ClN2O4. The average Bonchev–Trinajstić information content (AvgIpc) is 3.24. The van der Waals surface area contributed by atoms with Crippen molar-refractivity contribution >= 4 is 23.3 Å². The van der Waals surface area contributed by atoms with Gasteiger partial charge in [-0.15, -0.1) is 0 Å². The normalized spacial score (nSPS) is 27.2. The molecule has 0 unspecified atom stereocenters. The van der Waals surface area contributed by atoms with E-state index < -0.39 is 11.5 Å². The van der Waals surface area contributed by atoms with Crippen LogP contribution in [0.25, 0.3) is 0 Å². The second-order valence-corrected chi connectivity index (χ2v) is 13.5. The van der Waals surface area contributed by atoms with Crippen LogP contribution in [0.3, 0.4) is 0 Å². The lowest BCUT2D eigenvalue weighted by Crippen LogP contribution is -2.53. The molecule has 0 saturated heterocycles. The number of fused-ring (bicyclic) bond motifs is 3. The van der Waals surface area contributed by atoms with Gasteiger partial charge in [-0.25, -0.2) is 4.79 Å². The van der Waals surface area contributed by atoms with Gasteiger partial charge >= 0.3 is 5.97 Å². The topological polar surface area (TPSA) is 91.7 Å². The number of nitrogens with one attached hydrogen (secondary N) is 1. The van der Waals surface area contributed by atoms with Crippen molar-refractivity contribution in [2.45, 2.75) is 88.5 Å². The number of pyridine rings is 1. The Bertz CT molecular complexity index is 1470. The summed E-state index contributed by atoms with van der Waals surface area (Å²) >= 11 is 6.21. The molecule has 1 spiro atoms. The molecule has 7 heteroatoms. The maximum Gasteiger partial charge on any atom is 0.329 e. The molecule has 3 aromatic rings. The van der Waals surface area contributed by atoms with E-state index in [1.807, 2.05) is 30.5 Å². The van der Waals surface area contributed by atoms with Crippen molar-refractivity contribution in [1.82, 2.24) is 4.98 Å². The Morgan fingerprint density at radius 1 is 1.17 bits per heavy atom. The van der Waals surface area contributed by atoms with Gasteiger partial charge < -0.3 is 20.3 Å². The van der Waals surface area contributed by atoms with Crippen molar-refractivity contribution in [3.8, 4) is 11.5 Å². The molecule has 1 fully saturated rings. The summed E-state index contributed by atoms with van der Waals surface area (Å²) in [5.41, 5.74) is 4.40. The molecule has 2 aromatic carbocycles. The molecule has 6 rings (SSSR count). The van der Waals surface area contributed by atoms with E-state index in [1.165, 1.54) is 35.2 Å². The lowest BCUT2D eigenvalue weighted by atomic mass is 9.59. The van der Waals surface area contributed by atoms with E-state index in [1.54, 1.807) is 18.2 Å². The number of ether oxygens (including phenoxy) is 1. The Kier molecular flexibility index (Phi) is 7.86. The molecule has 1 heterocycles. The van der Waals surface area contributed by atoms with Crippen LogP contribution in [0.5, 0.6) is 11.5 Å². The fourth-order valence-corrected chi connectivity index (χ4v) is 8.28. The predicted molar refractivity (Wildman–Crippen MR) is 166 cm³/mol. The fourth-order valence-electron chi connectivity index (χ4n) is 8.09. The summed E-state index contributed by atoms with van der Waals surface area (Å²) in [4.78, 5) is 17.3. The summed E-state index contributed by atoms with van der Waals surface area (Å²) < 4.78 is 6.48. The zero-order valence-corrected chi connectivity index (χ0v) is 25.3. The van der Waals surface area contributed by atoms with Crippen LogP contribution in [-0.2, 0) is 23.1 Å². The molecule has 3 atom stereocenters. The summed E-state index contributed by atoms with van der Waals surface area (Å²) in [6, 6.07) is 15.1. The van der Waals surface area contributed by atoms with E-state index in [4.69, 9.17) is 16.3 Å². The second-order valence-electron chi connectivity index (χ2n) is 13.0. The monoisotopic (exact) mass is 588 g/mol. The van der Waals surface area contributed by atoms with Gasteiger partial charge in [0.2, 0.25) is 0 Å². The molecule has 0 aliphatic heterocycles. The number of nitrogens with zero attached hydrogens (tertiary/aromatic N) is 1. The van der Waals surface area contributed by atoms with Crippen molar-refractivity contribution in [2.75, 3.05) is 11.9 Å². The lowest BCUT2D eigenvalue weighted by Gasteiger charge is -2.47. The zero-order valence-electron chi connectivity index (χ0n) is 24.5. The Balaban J connectivity index is 1.21. The van der Waals surface area contributed by atoms with E-state index in [0.717, 1.165) is 43.5 Å². The molecule has 1 aromatic heterocycles. The van der Waals surface area contributed by atoms with E-state index in [-0.39, 0.29) is 11.2 Å². The van der Waals surface area contributed by atoms with Crippen LogP contribution in [-0.4, -0.2) is 33.3 Å². The first-order valence-electron chi connectivity index (χ1n) is 15.4. The Labute approximate surface area is 253 Å². The van der Waals surface area contributed by atoms with Gasteiger partial charge in [0.25, 0.3) is 0 Å². The summed E-state index contributed by atoms with van der Waals surface area (Å²) in [6.45, 7) is 5.16. The molecule has 0 amide bonds. The SMILES string of the molecule is C[C@@H](COc1ccnc2c1[C@H](C)CCC2)C[C@H]1Cc2ccc(O)cc2C12CCC(Nc1cccc(Cl)c1)(C(=O)O)CC2. The second kappa shape index (κ2) is 11.4. The van der Waals surface area contributed by atoms with Crippen LogP contribution in [0.2, 0.25) is 5.02 Å². The number of halogens is 1. The largest absolute Gasteiger partial charge is 0.508 e. The number of phenolic OH excluding ortho intramolecular Hbond substituents is 1. The Morgan fingerprint density at radius 3 is 2.74 bits per heavy atom. The third-order valence-corrected chi connectivity index (χ3v) is 10.5. The highest BCUT2D eigenvalue weighted by Crippen LogP contribution is 2.56. The molecule has 0 bridgehead atoms. The maximum atomic E-state index is 12.7. The van der Waals surface area contributed by atoms with E-state index in [2.05, 4.69) is 30.2 Å². The van der Waals surface area contributed by atoms with Crippen LogP contribution in [0.15, 0.2) is 54.7 Å². The number of aromatic hydroxyl groups is 1. The number of carboxylic acid groups (broad SMARTS) is 1. The van der Waals surface area contributed by atoms with Crippen molar-refractivity contribution in [2.24, 2.45) is 11.8 Å². The minimum atomic E-state index is -1.06. The quantitative estimate of drug-likeness (QED) is 0.248. The van der Waals surface area contributed by atoms with Crippen molar-refractivity contribution in [1.29, 1.82) is 0 Å². The average molecular weight is 589 g/mol. The molecule has 3 aliphatic rings. The van der Waals surface area contributed by atoms with Gasteiger partial charge in [0.15, 0.2) is 0 Å². The zero-order chi connectivity index (χ0) is 29.5. The number of carbonyl (C=O) groups is 1. The van der Waals surface area contributed by atoms with Crippen molar-refractivity contribution in [3.63, 3.8) is 0 Å². The minimum Gasteiger partial charge on any atom is -0.508 e. The third-order valence-electron chi connectivity index (χ3n) is 10.3. The van der Waals surface area contributed by atoms with Crippen LogP contribution < -0.4 is 10.1 Å². The fraction of sp³-hybridized carbons (Fsp3) is 0.486. The first-order chi connectivity index (χ1) is 20.2. The number of hydrogen-bond acceptors (Lipinski definition) is 5. The number of hydrogen-bond donors (Lipinski definition) is 3. The molecular weight excluding hydrogens is 548 g/mol. The molecule has 0 radical (unpaired) electrons. The number of rotatable bonds is 8. The molecule has 42 heavy (non-hydrogen) atoms. The summed E-state index contributed by atoms with van der Waals surface area (Å²) in [7, 11) is 0. The Hall–Kier alpha value is -3.25. The van der Waals surface area contributed by atoms with Crippen molar-refractivity contribution < 1.29 is 19.7 Å². The van der Waals surface area contributed by atoms with Crippen LogP contribution >= 0.6 is 11.6 Å². The number of aromatic nitrogens is 1. The smallest absolute Gasteiger partial charge is 0.329 e. The molecule has 3 N–H and O–H groups in total. The van der Waals surface area contributed by atoms with E-state index in [0.29, 0.717) is 42.2 Å². The number of anilines is 1. The molecule has 3 aliphatic carbocycles. The van der Waals surface area contributed by atoms with Crippen LogP contribution in [0.1, 0.15) is 87.1 Å². The van der Waals surface area contributed by atoms with Gasteiger partial charge in [0, 0.05) is 28.2 Å². The number of benzene rings is 2. The van der Waals surface area contributed by atoms with Gasteiger partial charge in [-0.3, -0.25) is 4.98 Å². The summed E-state index contributed by atoms with van der Waals surface area (Å²) in [5, 5.41) is 24.8. The maximum absolute atomic E-state index is 12.7. The highest BCUT2D eigenvalue weighted by atomic mass is 35.5. The van der Waals surface area contributed by atoms with Crippen molar-refractivity contribution in [3.05, 3.63) is 82.1 Å². The van der Waals surface area contributed by atoms with Crippen LogP contribution in [0.4, 0.5) is 5.69 Å². The standard InChI is InChI=1S/C35H41ClN2O4/c1-22(21-42-31-11-16-37-30-8-3-5-23(2)32(30)31)17-25-18-24-9-10-28(39)20-29(24)34(25)12-14-35(15-13-34,33(40)41)38-27-7-4-6-26(36)19-27/h4,6-7,9-11,16,19-20,22-23,25,38-39H,3,5,8,12-15,17-18,21H2,1-2H3,(H,40,41)/t22-,23-,25+,34?,35?/m1/s1.